The van der Waals surface area contributed by atoms with Crippen molar-refractivity contribution in [3.63, 3.8) is 0 Å². The average molecular weight is 1040 g/mol. The molecule has 0 bridgehead atoms. The molecule has 6 atom stereocenters. The Labute approximate surface area is 444 Å². The van der Waals surface area contributed by atoms with Crippen LogP contribution in [0.4, 0.5) is 0 Å². The molecule has 2 heterocycles. The SMILES string of the molecule is C/C=C/CC(=O)N[C@@H](CCc1ccccc1)C(=O)N[C@@H](C)C(=O)N1CCCC(C(=O)OCC(Cl)(Cl)Cl)C1.C/C=C/CC(=O)N[C@@H](CCc1ccccc1)C(=O)N[C@@H](C)C(=O)N1CCC[C@@H](C(=O)O)C1.[Li+].[OH-]. The number of nitrogens with zero attached hydrogens (tertiary/aromatic N) is 2. The molecule has 6 N–H and O–H groups in total. The first-order valence-corrected chi connectivity index (χ1v) is 24.5. The van der Waals surface area contributed by atoms with Crippen molar-refractivity contribution in [1.29, 1.82) is 0 Å². The number of piperidine rings is 2. The summed E-state index contributed by atoms with van der Waals surface area (Å²) >= 11 is 16.9. The van der Waals surface area contributed by atoms with E-state index in [1.165, 1.54) is 9.80 Å². The first-order chi connectivity index (χ1) is 32.8. The van der Waals surface area contributed by atoms with Crippen LogP contribution >= 0.6 is 34.8 Å². The third kappa shape index (κ3) is 24.4. The molecule has 0 radical (unpaired) electrons. The van der Waals surface area contributed by atoms with Crippen molar-refractivity contribution in [3.8, 4) is 0 Å². The van der Waals surface area contributed by atoms with Crippen LogP contribution in [-0.4, -0.2) is 129 Å². The van der Waals surface area contributed by atoms with Crippen molar-refractivity contribution in [1.82, 2.24) is 31.1 Å². The fourth-order valence-electron chi connectivity index (χ4n) is 7.72. The predicted molar refractivity (Wildman–Crippen MR) is 267 cm³/mol. The number of allylic oxidation sites excluding steroid dienone is 2. The number of alkyl halides is 3. The van der Waals surface area contributed by atoms with Crippen molar-refractivity contribution in [2.45, 2.75) is 120 Å². The van der Waals surface area contributed by atoms with Gasteiger partial charge in [-0.3, -0.25) is 38.4 Å². The first-order valence-electron chi connectivity index (χ1n) is 23.3. The number of nitrogens with one attached hydrogen (secondary N) is 4. The molecule has 0 spiro atoms. The first kappa shape index (κ1) is 64.1. The van der Waals surface area contributed by atoms with Gasteiger partial charge in [-0.25, -0.2) is 0 Å². The molecule has 1 unspecified atom stereocenters. The van der Waals surface area contributed by atoms with Crippen LogP contribution in [-0.2, 0) is 55.9 Å². The number of rotatable bonds is 21. The Hall–Kier alpha value is -4.89. The fraction of sp³-hybridized carbons (Fsp3) is 0.520. The van der Waals surface area contributed by atoms with E-state index in [1.54, 1.807) is 38.2 Å². The molecule has 2 aliphatic heterocycles. The Morgan fingerprint density at radius 1 is 0.676 bits per heavy atom. The van der Waals surface area contributed by atoms with Crippen molar-refractivity contribution in [3.05, 3.63) is 96.1 Å². The van der Waals surface area contributed by atoms with Crippen molar-refractivity contribution >= 4 is 82.2 Å². The topological polar surface area (TPSA) is 251 Å². The maximum absolute atomic E-state index is 13.1. The fourth-order valence-corrected chi connectivity index (χ4v) is 7.89. The number of carboxylic acid groups (broad SMARTS) is 1. The van der Waals surface area contributed by atoms with Crippen LogP contribution in [0.3, 0.4) is 0 Å². The zero-order valence-corrected chi connectivity index (χ0v) is 43.5. The largest absolute Gasteiger partial charge is 1.00 e. The van der Waals surface area contributed by atoms with Gasteiger partial charge in [-0.05, 0) is 90.2 Å². The third-order valence-electron chi connectivity index (χ3n) is 11.5. The number of carbonyl (C=O) groups excluding carboxylic acids is 7. The standard InChI is InChI=1S/C26H34Cl3N3O5.C24H33N3O5.Li.H2O/c1-3-4-12-22(33)31-21(14-13-19-9-6-5-7-10-19)23(34)30-18(2)24(35)32-15-8-11-20(16-32)25(36)37-17-26(27,28)29;1-3-4-12-21(28)26-20(14-13-18-9-6-5-7-10-18)22(29)25-17(2)23(30)27-15-8-11-19(16-27)24(31)32;;/h3-7,9-10,18,20-21H,8,11-17H2,1-2H3,(H,30,34)(H,31,33);3-7,9-10,17,19-20H,8,11-16H2,1-2H3,(H,25,29)(H,26,28)(H,31,32);;1H2/q;;+1;/p-1/b2*4-3+;;/t18-,20?,21-;17-,19+,20-;;/m00../s1. The summed E-state index contributed by atoms with van der Waals surface area (Å²) in [6.45, 7) is 7.63. The van der Waals surface area contributed by atoms with Gasteiger partial charge < -0.3 is 46.4 Å². The van der Waals surface area contributed by atoms with E-state index in [9.17, 15) is 43.5 Å². The minimum absolute atomic E-state index is 0. The number of ether oxygens (including phenoxy) is 1. The molecule has 2 aliphatic rings. The number of amides is 6. The molecule has 4 rings (SSSR count). The van der Waals surface area contributed by atoms with Crippen LogP contribution in [0.5, 0.6) is 0 Å². The van der Waals surface area contributed by atoms with Crippen LogP contribution < -0.4 is 40.1 Å². The second-order valence-corrected chi connectivity index (χ2v) is 19.6. The van der Waals surface area contributed by atoms with Gasteiger partial charge in [-0.1, -0.05) is 120 Å². The second kappa shape index (κ2) is 33.7. The van der Waals surface area contributed by atoms with Gasteiger partial charge in [0.15, 0.2) is 0 Å². The number of benzene rings is 2. The number of likely N-dealkylation sites (tertiary alicyclic amines) is 2. The Balaban J connectivity index is 0.000000697. The smallest absolute Gasteiger partial charge is 0.870 e. The van der Waals surface area contributed by atoms with E-state index >= 15 is 0 Å². The summed E-state index contributed by atoms with van der Waals surface area (Å²) in [4.78, 5) is 103. The monoisotopic (exact) mass is 1040 g/mol. The molecule has 0 saturated carbocycles. The maximum atomic E-state index is 13.1. The van der Waals surface area contributed by atoms with Crippen LogP contribution in [0.25, 0.3) is 0 Å². The van der Waals surface area contributed by atoms with Gasteiger partial charge in [-0.2, -0.15) is 0 Å². The van der Waals surface area contributed by atoms with Crippen molar-refractivity contribution in [2.75, 3.05) is 32.8 Å². The molecule has 0 aliphatic carbocycles. The minimum atomic E-state index is -1.71. The molecule has 0 aromatic heterocycles. The number of aliphatic carboxylic acids is 1. The summed E-state index contributed by atoms with van der Waals surface area (Å²) in [5.41, 5.74) is 2.08. The number of hydrogen-bond acceptors (Lipinski definition) is 10. The van der Waals surface area contributed by atoms with E-state index < -0.39 is 63.5 Å². The normalized spacial score (nSPS) is 17.3. The molecular weight excluding hydrogens is 974 g/mol. The van der Waals surface area contributed by atoms with Crippen LogP contribution in [0.15, 0.2) is 85.0 Å². The molecule has 71 heavy (non-hydrogen) atoms. The van der Waals surface area contributed by atoms with Gasteiger partial charge in [0.25, 0.3) is 0 Å². The van der Waals surface area contributed by atoms with E-state index in [-0.39, 0.29) is 80.5 Å². The Morgan fingerprint density at radius 3 is 1.45 bits per heavy atom. The molecule has 6 amide bonds. The third-order valence-corrected chi connectivity index (χ3v) is 11.8. The molecule has 17 nitrogen and oxygen atoms in total. The molecule has 21 heteroatoms. The Bertz CT molecular complexity index is 2080. The van der Waals surface area contributed by atoms with E-state index in [2.05, 4.69) is 21.3 Å². The molecule has 386 valence electrons. The predicted octanol–water partition coefficient (Wildman–Crippen LogP) is 2.45. The van der Waals surface area contributed by atoms with Crippen LogP contribution in [0, 0.1) is 11.8 Å². The number of esters is 1. The Kier molecular flexibility index (Phi) is 30.4. The minimum Gasteiger partial charge on any atom is -0.870 e. The number of aryl methyl sites for hydroxylation is 2. The molecule has 2 aromatic rings. The quantitative estimate of drug-likeness (QED) is 0.0526. The summed E-state index contributed by atoms with van der Waals surface area (Å²) in [5, 5.41) is 20.2. The van der Waals surface area contributed by atoms with Crippen molar-refractivity contribution < 1.29 is 72.5 Å². The van der Waals surface area contributed by atoms with Gasteiger partial charge in [-0.15, -0.1) is 0 Å². The van der Waals surface area contributed by atoms with Gasteiger partial charge in [0, 0.05) is 39.0 Å². The van der Waals surface area contributed by atoms with Gasteiger partial charge in [0.05, 0.1) is 11.8 Å². The number of halogens is 3. The molecule has 2 saturated heterocycles. The second-order valence-electron chi connectivity index (χ2n) is 17.1. The molecular formula is C50H68Cl3LiN6O11. The zero-order valence-electron chi connectivity index (χ0n) is 41.3. The number of hydrogen-bond donors (Lipinski definition) is 5. The van der Waals surface area contributed by atoms with Gasteiger partial charge >= 0.3 is 30.8 Å². The van der Waals surface area contributed by atoms with E-state index in [4.69, 9.17) is 39.5 Å². The number of carbonyl (C=O) groups is 8. The van der Waals surface area contributed by atoms with Gasteiger partial charge in [0.1, 0.15) is 30.8 Å². The summed E-state index contributed by atoms with van der Waals surface area (Å²) < 4.78 is 3.36. The summed E-state index contributed by atoms with van der Waals surface area (Å²) in [6.07, 6.45) is 11.5. The van der Waals surface area contributed by atoms with Gasteiger partial charge in [0.2, 0.25) is 39.2 Å². The molecule has 2 aromatic carbocycles. The Morgan fingerprint density at radius 2 is 1.07 bits per heavy atom. The summed E-state index contributed by atoms with van der Waals surface area (Å²) in [6, 6.07) is 16.0. The molecule has 2 fully saturated rings. The van der Waals surface area contributed by atoms with E-state index in [0.717, 1.165) is 11.1 Å². The maximum Gasteiger partial charge on any atom is 1.00 e. The van der Waals surface area contributed by atoms with Crippen LogP contribution in [0.2, 0.25) is 0 Å². The van der Waals surface area contributed by atoms with E-state index in [0.29, 0.717) is 64.5 Å². The van der Waals surface area contributed by atoms with Crippen molar-refractivity contribution in [2.24, 2.45) is 11.8 Å². The average Bonchev–Trinajstić information content (AvgIpc) is 3.34. The zero-order chi connectivity index (χ0) is 50.9. The summed E-state index contributed by atoms with van der Waals surface area (Å²) in [7, 11) is 0. The summed E-state index contributed by atoms with van der Waals surface area (Å²) in [5.74, 6) is -4.63. The van der Waals surface area contributed by atoms with Crippen LogP contribution in [0.1, 0.15) is 90.2 Å². The number of carboxylic acids is 1. The van der Waals surface area contributed by atoms with E-state index in [1.807, 2.05) is 74.5 Å².